The number of hydrogen-bond acceptors (Lipinski definition) is 4. The molecule has 0 aliphatic carbocycles. The zero-order chi connectivity index (χ0) is 14.3. The summed E-state index contributed by atoms with van der Waals surface area (Å²) in [5, 5.41) is 6.74. The predicted molar refractivity (Wildman–Crippen MR) is 76.6 cm³/mol. The summed E-state index contributed by atoms with van der Waals surface area (Å²) in [7, 11) is 0. The minimum absolute atomic E-state index is 0.215. The van der Waals surface area contributed by atoms with Crippen LogP contribution >= 0.6 is 0 Å². The van der Waals surface area contributed by atoms with E-state index in [-0.39, 0.29) is 12.2 Å². The van der Waals surface area contributed by atoms with Crippen molar-refractivity contribution in [3.8, 4) is 0 Å². The van der Waals surface area contributed by atoms with Crippen LogP contribution in [0.4, 0.5) is 0 Å². The molecule has 2 N–H and O–H groups in total. The molecule has 0 heterocycles. The van der Waals surface area contributed by atoms with E-state index >= 15 is 0 Å². The first kappa shape index (κ1) is 19.4. The molecule has 0 aromatic rings. The molecule has 0 aliphatic rings. The van der Waals surface area contributed by atoms with Gasteiger partial charge in [0.05, 0.1) is 0 Å². The van der Waals surface area contributed by atoms with Crippen LogP contribution in [0.3, 0.4) is 0 Å². The van der Waals surface area contributed by atoms with Gasteiger partial charge in [-0.2, -0.15) is 0 Å². The fourth-order valence-electron chi connectivity index (χ4n) is 1.42. The Morgan fingerprint density at radius 1 is 0.789 bits per heavy atom. The summed E-state index contributed by atoms with van der Waals surface area (Å²) in [5.74, 6) is 0. The molecule has 0 aromatic carbocycles. The molecule has 0 aromatic heterocycles. The Balaban J connectivity index is 3.64. The summed E-state index contributed by atoms with van der Waals surface area (Å²) in [5.41, 5.74) is 0. The Labute approximate surface area is 126 Å². The Morgan fingerprint density at radius 3 is 1.53 bits per heavy atom. The summed E-state index contributed by atoms with van der Waals surface area (Å²) in [6.07, 6.45) is 4.73. The molecular formula is C14H32CuN2O2. The topological polar surface area (TPSA) is 42.5 Å². The molecule has 0 radical (unpaired) electrons. The van der Waals surface area contributed by atoms with Crippen LogP contribution in [-0.4, -0.2) is 38.4 Å². The monoisotopic (exact) mass is 323 g/mol. The first-order valence-electron chi connectivity index (χ1n) is 7.59. The molecule has 5 heteroatoms. The molecule has 0 fully saturated rings. The van der Waals surface area contributed by atoms with Gasteiger partial charge in [-0.25, -0.2) is 0 Å². The third-order valence-corrected chi connectivity index (χ3v) is 3.58. The zero-order valence-corrected chi connectivity index (χ0v) is 13.9. The van der Waals surface area contributed by atoms with Crippen LogP contribution in [-0.2, 0) is 23.3 Å². The Kier molecular flexibility index (Phi) is 15.0. The van der Waals surface area contributed by atoms with Gasteiger partial charge in [-0.3, -0.25) is 0 Å². The second kappa shape index (κ2) is 14.8. The molecule has 0 aliphatic heterocycles. The minimum atomic E-state index is 0.215. The normalized spacial score (nSPS) is 14.7. The third-order valence-electron chi connectivity index (χ3n) is 2.77. The van der Waals surface area contributed by atoms with Gasteiger partial charge in [-0.05, 0) is 0 Å². The van der Waals surface area contributed by atoms with Gasteiger partial charge in [0.2, 0.25) is 0 Å². The summed E-state index contributed by atoms with van der Waals surface area (Å²) in [4.78, 5) is 0. The summed E-state index contributed by atoms with van der Waals surface area (Å²) in [6.45, 7) is 12.5. The van der Waals surface area contributed by atoms with Crippen LogP contribution in [0.15, 0.2) is 0 Å². The maximum absolute atomic E-state index is 5.67. The third kappa shape index (κ3) is 11.9. The van der Waals surface area contributed by atoms with Crippen molar-refractivity contribution in [3.63, 3.8) is 0 Å². The molecule has 2 unspecified atom stereocenters. The SMILES string of the molecule is CCCNCC(CC)[O][Cu][O]C(CC)CNCCC. The average Bonchev–Trinajstić information content (AvgIpc) is 2.44. The van der Waals surface area contributed by atoms with Crippen molar-refractivity contribution < 1.29 is 23.3 Å². The van der Waals surface area contributed by atoms with Gasteiger partial charge in [-0.1, -0.05) is 0 Å². The summed E-state index contributed by atoms with van der Waals surface area (Å²) < 4.78 is 11.3. The van der Waals surface area contributed by atoms with Crippen LogP contribution < -0.4 is 10.6 Å². The Bertz CT molecular complexity index is 167. The number of hydrogen-bond donors (Lipinski definition) is 2. The van der Waals surface area contributed by atoms with Crippen molar-refractivity contribution in [1.29, 1.82) is 0 Å². The van der Waals surface area contributed by atoms with Crippen molar-refractivity contribution in [2.24, 2.45) is 0 Å². The van der Waals surface area contributed by atoms with E-state index in [0.29, 0.717) is 0 Å². The van der Waals surface area contributed by atoms with Crippen LogP contribution in [0.2, 0.25) is 0 Å². The Morgan fingerprint density at radius 2 is 1.21 bits per heavy atom. The molecule has 0 saturated heterocycles. The van der Waals surface area contributed by atoms with Gasteiger partial charge in [-0.15, -0.1) is 0 Å². The fourth-order valence-corrected chi connectivity index (χ4v) is 2.20. The van der Waals surface area contributed by atoms with Crippen LogP contribution in [0, 0.1) is 0 Å². The van der Waals surface area contributed by atoms with Crippen molar-refractivity contribution in [2.45, 2.75) is 65.6 Å². The van der Waals surface area contributed by atoms with Crippen LogP contribution in [0.1, 0.15) is 53.4 Å². The van der Waals surface area contributed by atoms with Crippen LogP contribution in [0.25, 0.3) is 0 Å². The van der Waals surface area contributed by atoms with E-state index < -0.39 is 0 Å². The van der Waals surface area contributed by atoms with E-state index in [9.17, 15) is 0 Å². The van der Waals surface area contributed by atoms with Crippen molar-refractivity contribution >= 4 is 0 Å². The van der Waals surface area contributed by atoms with Crippen molar-refractivity contribution in [3.05, 3.63) is 0 Å². The van der Waals surface area contributed by atoms with E-state index in [1.165, 1.54) is 15.6 Å². The molecule has 0 saturated carbocycles. The van der Waals surface area contributed by atoms with Gasteiger partial charge >= 0.3 is 126 Å². The molecule has 0 bridgehead atoms. The summed E-state index contributed by atoms with van der Waals surface area (Å²) in [6, 6.07) is 0. The quantitative estimate of drug-likeness (QED) is 0.381. The van der Waals surface area contributed by atoms with E-state index in [1.807, 2.05) is 0 Å². The van der Waals surface area contributed by atoms with Gasteiger partial charge in [0.1, 0.15) is 0 Å². The molecule has 2 atom stereocenters. The van der Waals surface area contributed by atoms with Gasteiger partial charge in [0.15, 0.2) is 0 Å². The van der Waals surface area contributed by atoms with Crippen molar-refractivity contribution in [1.82, 2.24) is 10.6 Å². The second-order valence-corrected chi connectivity index (χ2v) is 5.26. The van der Waals surface area contributed by atoms with Crippen LogP contribution in [0.5, 0.6) is 0 Å². The van der Waals surface area contributed by atoms with Crippen molar-refractivity contribution in [2.75, 3.05) is 26.2 Å². The van der Waals surface area contributed by atoms with Gasteiger partial charge < -0.3 is 0 Å². The molecule has 19 heavy (non-hydrogen) atoms. The number of nitrogens with one attached hydrogen (secondary N) is 2. The first-order valence-corrected chi connectivity index (χ1v) is 8.36. The van der Waals surface area contributed by atoms with Gasteiger partial charge in [0.25, 0.3) is 0 Å². The molecule has 0 spiro atoms. The molecule has 0 rings (SSSR count). The summed E-state index contributed by atoms with van der Waals surface area (Å²) >= 11 is 1.25. The van der Waals surface area contributed by atoms with E-state index in [4.69, 9.17) is 7.64 Å². The number of rotatable bonds is 14. The Hall–Kier alpha value is 0.359. The second-order valence-electron chi connectivity index (χ2n) is 4.66. The fraction of sp³-hybridized carbons (Fsp3) is 1.00. The molecule has 4 nitrogen and oxygen atoms in total. The zero-order valence-electron chi connectivity index (χ0n) is 12.9. The maximum atomic E-state index is 5.67. The molecule has 121 valence electrons. The molecular weight excluding hydrogens is 292 g/mol. The van der Waals surface area contributed by atoms with E-state index in [2.05, 4.69) is 38.3 Å². The van der Waals surface area contributed by atoms with E-state index in [1.54, 1.807) is 0 Å². The first-order chi connectivity index (χ1) is 9.28. The molecule has 0 amide bonds. The average molecular weight is 324 g/mol. The predicted octanol–water partition coefficient (Wildman–Crippen LogP) is 2.49. The van der Waals surface area contributed by atoms with Gasteiger partial charge in [0, 0.05) is 0 Å². The standard InChI is InChI=1S/2C7H16NO.Cu/c2*1-3-5-8-6-7(9)4-2;/h2*7-8H,3-6H2,1-2H3;/q2*-1;+2. The van der Waals surface area contributed by atoms with E-state index in [0.717, 1.165) is 51.9 Å².